The zero-order chi connectivity index (χ0) is 8.10. The van der Waals surface area contributed by atoms with Crippen molar-refractivity contribution in [1.29, 1.82) is 0 Å². The molecule has 0 spiro atoms. The lowest BCUT2D eigenvalue weighted by Crippen LogP contribution is -1.99. The predicted molar refractivity (Wildman–Crippen MR) is 40.9 cm³/mol. The van der Waals surface area contributed by atoms with Gasteiger partial charge in [0.2, 0.25) is 0 Å². The van der Waals surface area contributed by atoms with Crippen LogP contribution in [0, 0.1) is 0 Å². The van der Waals surface area contributed by atoms with Crippen LogP contribution in [-0.4, -0.2) is 21.8 Å². The van der Waals surface area contributed by atoms with Crippen molar-refractivity contribution in [2.24, 2.45) is 0 Å². The maximum absolute atomic E-state index is 9.32. The van der Waals surface area contributed by atoms with Crippen LogP contribution in [-0.2, 0) is 0 Å². The zero-order valence-electron chi connectivity index (χ0n) is 6.14. The Morgan fingerprint density at radius 3 is 2.91 bits per heavy atom. The normalized spacial score (nSPS) is 12.9. The van der Waals surface area contributed by atoms with Crippen LogP contribution in [0.25, 0.3) is 0 Å². The topological polar surface area (TPSA) is 53.4 Å². The Morgan fingerprint density at radius 1 is 1.55 bits per heavy atom. The molecule has 3 nitrogen and oxygen atoms in total. The first-order chi connectivity index (χ1) is 5.34. The molecule has 0 aromatic carbocycles. The van der Waals surface area contributed by atoms with Gasteiger partial charge >= 0.3 is 0 Å². The summed E-state index contributed by atoms with van der Waals surface area (Å²) in [4.78, 5) is 3.85. The van der Waals surface area contributed by atoms with Gasteiger partial charge in [-0.2, -0.15) is 0 Å². The molecule has 3 heteroatoms. The van der Waals surface area contributed by atoms with Crippen molar-refractivity contribution >= 4 is 0 Å². The Balaban J connectivity index is 2.61. The lowest BCUT2D eigenvalue weighted by molar-refractivity contribution is 0.134. The summed E-state index contributed by atoms with van der Waals surface area (Å²) in [5.74, 6) is 0. The molecule has 0 fully saturated rings. The number of pyridine rings is 1. The van der Waals surface area contributed by atoms with Gasteiger partial charge in [0.25, 0.3) is 0 Å². The van der Waals surface area contributed by atoms with Crippen molar-refractivity contribution in [2.75, 3.05) is 6.61 Å². The van der Waals surface area contributed by atoms with Crippen LogP contribution in [0.15, 0.2) is 24.5 Å². The van der Waals surface area contributed by atoms with E-state index < -0.39 is 6.10 Å². The Hall–Kier alpha value is -0.930. The molecule has 1 unspecified atom stereocenters. The molecule has 0 bridgehead atoms. The second kappa shape index (κ2) is 4.05. The summed E-state index contributed by atoms with van der Waals surface area (Å²) in [7, 11) is 0. The van der Waals surface area contributed by atoms with E-state index in [4.69, 9.17) is 5.11 Å². The molecule has 11 heavy (non-hydrogen) atoms. The quantitative estimate of drug-likeness (QED) is 0.664. The van der Waals surface area contributed by atoms with Crippen molar-refractivity contribution in [3.05, 3.63) is 30.1 Å². The van der Waals surface area contributed by atoms with E-state index in [1.54, 1.807) is 24.5 Å². The molecule has 0 radical (unpaired) electrons. The SMILES string of the molecule is OCCC(O)c1cccnc1. The first kappa shape index (κ1) is 8.17. The highest BCUT2D eigenvalue weighted by Crippen LogP contribution is 2.13. The van der Waals surface area contributed by atoms with Crippen LogP contribution in [0.1, 0.15) is 18.1 Å². The second-order valence-electron chi connectivity index (χ2n) is 2.31. The molecule has 0 saturated heterocycles. The average molecular weight is 153 g/mol. The summed E-state index contributed by atoms with van der Waals surface area (Å²) in [6.07, 6.45) is 3.02. The van der Waals surface area contributed by atoms with Crippen molar-refractivity contribution in [1.82, 2.24) is 4.98 Å². The largest absolute Gasteiger partial charge is 0.396 e. The third kappa shape index (κ3) is 2.29. The molecular weight excluding hydrogens is 142 g/mol. The molecule has 1 atom stereocenters. The first-order valence-electron chi connectivity index (χ1n) is 3.53. The number of aliphatic hydroxyl groups excluding tert-OH is 2. The summed E-state index contributed by atoms with van der Waals surface area (Å²) < 4.78 is 0. The number of nitrogens with zero attached hydrogens (tertiary/aromatic N) is 1. The fourth-order valence-corrected chi connectivity index (χ4v) is 0.862. The molecule has 2 N–H and O–H groups in total. The summed E-state index contributed by atoms with van der Waals surface area (Å²) >= 11 is 0. The molecule has 1 heterocycles. The van der Waals surface area contributed by atoms with Crippen LogP contribution in [0.5, 0.6) is 0 Å². The molecule has 0 saturated carbocycles. The Bertz CT molecular complexity index is 201. The van der Waals surface area contributed by atoms with Gasteiger partial charge in [0.15, 0.2) is 0 Å². The van der Waals surface area contributed by atoms with Crippen LogP contribution in [0.4, 0.5) is 0 Å². The van der Waals surface area contributed by atoms with E-state index in [0.717, 1.165) is 5.56 Å². The summed E-state index contributed by atoms with van der Waals surface area (Å²) in [6.45, 7) is -0.00391. The minimum absolute atomic E-state index is 0.00391. The van der Waals surface area contributed by atoms with Crippen LogP contribution in [0.2, 0.25) is 0 Å². The maximum atomic E-state index is 9.32. The fourth-order valence-electron chi connectivity index (χ4n) is 0.862. The second-order valence-corrected chi connectivity index (χ2v) is 2.31. The van der Waals surface area contributed by atoms with Crippen molar-refractivity contribution in [3.8, 4) is 0 Å². The number of aliphatic hydroxyl groups is 2. The van der Waals surface area contributed by atoms with Gasteiger partial charge in [-0.15, -0.1) is 0 Å². The smallest absolute Gasteiger partial charge is 0.0826 e. The molecular formula is C8H11NO2. The molecule has 1 aromatic rings. The van der Waals surface area contributed by atoms with Crippen molar-refractivity contribution < 1.29 is 10.2 Å². The third-order valence-corrected chi connectivity index (χ3v) is 1.47. The number of hydrogen-bond donors (Lipinski definition) is 2. The zero-order valence-corrected chi connectivity index (χ0v) is 6.14. The highest BCUT2D eigenvalue weighted by molar-refractivity contribution is 5.11. The van der Waals surface area contributed by atoms with Crippen LogP contribution >= 0.6 is 0 Å². The molecule has 0 aliphatic heterocycles. The van der Waals surface area contributed by atoms with Gasteiger partial charge in [0, 0.05) is 25.4 Å². The lowest BCUT2D eigenvalue weighted by Gasteiger charge is -2.06. The predicted octanol–water partition coefficient (Wildman–Crippen LogP) is 0.497. The number of hydrogen-bond acceptors (Lipinski definition) is 3. The van der Waals surface area contributed by atoms with E-state index in [9.17, 15) is 5.11 Å². The van der Waals surface area contributed by atoms with Crippen LogP contribution < -0.4 is 0 Å². The minimum Gasteiger partial charge on any atom is -0.396 e. The van der Waals surface area contributed by atoms with Crippen molar-refractivity contribution in [3.63, 3.8) is 0 Å². The summed E-state index contributed by atoms with van der Waals surface area (Å²) in [5.41, 5.74) is 0.751. The molecule has 0 aliphatic carbocycles. The Labute approximate surface area is 65.3 Å². The van der Waals surface area contributed by atoms with Crippen molar-refractivity contribution in [2.45, 2.75) is 12.5 Å². The fraction of sp³-hybridized carbons (Fsp3) is 0.375. The highest BCUT2D eigenvalue weighted by Gasteiger charge is 2.04. The highest BCUT2D eigenvalue weighted by atomic mass is 16.3. The number of aromatic nitrogens is 1. The van der Waals surface area contributed by atoms with Gasteiger partial charge in [-0.05, 0) is 11.6 Å². The van der Waals surface area contributed by atoms with E-state index in [0.29, 0.717) is 6.42 Å². The number of rotatable bonds is 3. The molecule has 1 rings (SSSR count). The van der Waals surface area contributed by atoms with Gasteiger partial charge in [0.05, 0.1) is 6.10 Å². The van der Waals surface area contributed by atoms with E-state index >= 15 is 0 Å². The summed E-state index contributed by atoms with van der Waals surface area (Å²) in [6, 6.07) is 3.54. The molecule has 60 valence electrons. The molecule has 1 aromatic heterocycles. The Kier molecular flexibility index (Phi) is 3.01. The van der Waals surface area contributed by atoms with Gasteiger partial charge in [-0.3, -0.25) is 4.98 Å². The summed E-state index contributed by atoms with van der Waals surface area (Å²) in [5, 5.41) is 17.8. The maximum Gasteiger partial charge on any atom is 0.0826 e. The molecule has 0 amide bonds. The van der Waals surface area contributed by atoms with Crippen LogP contribution in [0.3, 0.4) is 0 Å². The lowest BCUT2D eigenvalue weighted by atomic mass is 10.1. The average Bonchev–Trinajstić information content (AvgIpc) is 2.07. The van der Waals surface area contributed by atoms with E-state index in [1.165, 1.54) is 0 Å². The van der Waals surface area contributed by atoms with Gasteiger partial charge in [-0.25, -0.2) is 0 Å². The van der Waals surface area contributed by atoms with E-state index in [1.807, 2.05) is 0 Å². The van der Waals surface area contributed by atoms with Gasteiger partial charge in [-0.1, -0.05) is 6.07 Å². The standard InChI is InChI=1S/C8H11NO2/c10-5-3-8(11)7-2-1-4-9-6-7/h1-2,4,6,8,10-11H,3,5H2. The van der Waals surface area contributed by atoms with Gasteiger partial charge < -0.3 is 10.2 Å². The minimum atomic E-state index is -0.589. The third-order valence-electron chi connectivity index (χ3n) is 1.47. The van der Waals surface area contributed by atoms with E-state index in [2.05, 4.69) is 4.98 Å². The van der Waals surface area contributed by atoms with E-state index in [-0.39, 0.29) is 6.61 Å². The Morgan fingerprint density at radius 2 is 2.36 bits per heavy atom. The monoisotopic (exact) mass is 153 g/mol. The molecule has 0 aliphatic rings. The first-order valence-corrected chi connectivity index (χ1v) is 3.53. The van der Waals surface area contributed by atoms with Gasteiger partial charge in [0.1, 0.15) is 0 Å².